The molecule has 1 saturated carbocycles. The van der Waals surface area contributed by atoms with Crippen molar-refractivity contribution in [2.45, 2.75) is 6.42 Å². The molecule has 1 aliphatic carbocycles. The van der Waals surface area contributed by atoms with E-state index < -0.39 is 0 Å². The van der Waals surface area contributed by atoms with E-state index in [4.69, 9.17) is 4.42 Å². The number of nitrogens with one attached hydrogen (secondary N) is 1. The largest absolute Gasteiger partial charge is 0.449 e. The Bertz CT molecular complexity index is 981. The van der Waals surface area contributed by atoms with Gasteiger partial charge in [0, 0.05) is 36.3 Å². The molecule has 3 unspecified atom stereocenters. The van der Waals surface area contributed by atoms with Crippen LogP contribution in [0.5, 0.6) is 0 Å². The van der Waals surface area contributed by atoms with Gasteiger partial charge in [-0.2, -0.15) is 0 Å². The number of piperidine rings is 1. The third-order valence-corrected chi connectivity index (χ3v) is 5.65. The molecule has 5 rings (SSSR count). The second-order valence-corrected chi connectivity index (χ2v) is 7.21. The fourth-order valence-corrected chi connectivity index (χ4v) is 4.21. The molecule has 0 bridgehead atoms. The Balaban J connectivity index is 1.14. The summed E-state index contributed by atoms with van der Waals surface area (Å²) in [7, 11) is 0. The van der Waals surface area contributed by atoms with Gasteiger partial charge in [0.1, 0.15) is 0 Å². The first kappa shape index (κ1) is 16.1. The molecular weight excluding hydrogens is 342 g/mol. The molecule has 6 nitrogen and oxygen atoms in total. The van der Waals surface area contributed by atoms with Crippen molar-refractivity contribution in [1.82, 2.24) is 10.3 Å². The fraction of sp³-hybridized carbons (Fsp3) is 0.286. The molecule has 2 amide bonds. The van der Waals surface area contributed by atoms with Crippen molar-refractivity contribution < 1.29 is 14.0 Å². The van der Waals surface area contributed by atoms with Gasteiger partial charge in [-0.1, -0.05) is 18.2 Å². The van der Waals surface area contributed by atoms with Crippen LogP contribution in [0.1, 0.15) is 17.0 Å². The highest BCUT2D eigenvalue weighted by atomic mass is 16.3. The van der Waals surface area contributed by atoms with Crippen molar-refractivity contribution in [3.05, 3.63) is 60.6 Å². The highest BCUT2D eigenvalue weighted by Gasteiger charge is 2.60. The first-order chi connectivity index (χ1) is 13.2. The summed E-state index contributed by atoms with van der Waals surface area (Å²) in [6.45, 7) is 1.33. The summed E-state index contributed by atoms with van der Waals surface area (Å²) in [6.07, 6.45) is 4.08. The Morgan fingerprint density at radius 3 is 2.85 bits per heavy atom. The highest BCUT2D eigenvalue weighted by molar-refractivity contribution is 6.00. The van der Waals surface area contributed by atoms with Gasteiger partial charge >= 0.3 is 0 Å². The number of amides is 2. The van der Waals surface area contributed by atoms with E-state index in [2.05, 4.69) is 10.3 Å². The number of fused-ring (bicyclic) bond motifs is 2. The Hall–Kier alpha value is -3.15. The minimum absolute atomic E-state index is 0.111. The van der Waals surface area contributed by atoms with E-state index in [1.165, 1.54) is 0 Å². The third-order valence-electron chi connectivity index (χ3n) is 5.65. The number of carbonyl (C=O) groups excluding carboxylic acids is 2. The number of rotatable bonds is 5. The van der Waals surface area contributed by atoms with Gasteiger partial charge in [-0.15, -0.1) is 0 Å². The Kier molecular flexibility index (Phi) is 3.70. The van der Waals surface area contributed by atoms with Crippen molar-refractivity contribution in [3.63, 3.8) is 0 Å². The van der Waals surface area contributed by atoms with Crippen LogP contribution in [0.4, 0.5) is 5.69 Å². The van der Waals surface area contributed by atoms with E-state index in [1.54, 1.807) is 18.5 Å². The summed E-state index contributed by atoms with van der Waals surface area (Å²) < 4.78 is 5.52. The second-order valence-electron chi connectivity index (χ2n) is 7.21. The van der Waals surface area contributed by atoms with E-state index in [0.29, 0.717) is 29.7 Å². The Labute approximate surface area is 156 Å². The topological polar surface area (TPSA) is 75.4 Å². The summed E-state index contributed by atoms with van der Waals surface area (Å²) >= 11 is 0. The summed E-state index contributed by atoms with van der Waals surface area (Å²) in [5, 5.41) is 3.76. The first-order valence-corrected chi connectivity index (χ1v) is 9.20. The Morgan fingerprint density at radius 1 is 1.26 bits per heavy atom. The van der Waals surface area contributed by atoms with E-state index >= 15 is 0 Å². The number of hydrogen-bond acceptors (Lipinski definition) is 4. The number of benzene rings is 1. The third kappa shape index (κ3) is 2.77. The summed E-state index contributed by atoms with van der Waals surface area (Å²) in [6, 6.07) is 13.3. The first-order valence-electron chi connectivity index (χ1n) is 9.20. The lowest BCUT2D eigenvalue weighted by molar-refractivity contribution is -0.119. The highest BCUT2D eigenvalue weighted by Crippen LogP contribution is 2.54. The van der Waals surface area contributed by atoms with Crippen LogP contribution in [0.15, 0.2) is 59.3 Å². The lowest BCUT2D eigenvalue weighted by atomic mass is 10.1. The zero-order valence-electron chi connectivity index (χ0n) is 14.7. The number of pyridine rings is 1. The monoisotopic (exact) mass is 361 g/mol. The van der Waals surface area contributed by atoms with Crippen LogP contribution in [-0.2, 0) is 4.79 Å². The summed E-state index contributed by atoms with van der Waals surface area (Å²) in [4.78, 5) is 30.7. The molecule has 2 aromatic heterocycles. The van der Waals surface area contributed by atoms with Gasteiger partial charge in [0.25, 0.3) is 5.91 Å². The smallest absolute Gasteiger partial charge is 0.287 e. The van der Waals surface area contributed by atoms with Gasteiger partial charge in [-0.05, 0) is 42.5 Å². The molecule has 0 spiro atoms. The molecule has 1 N–H and O–H groups in total. The molecule has 1 aromatic carbocycles. The van der Waals surface area contributed by atoms with Crippen molar-refractivity contribution in [1.29, 1.82) is 0 Å². The lowest BCUT2D eigenvalue weighted by Crippen LogP contribution is -2.31. The lowest BCUT2D eigenvalue weighted by Gasteiger charge is -2.20. The molecule has 2 fully saturated rings. The molecule has 3 heterocycles. The molecular formula is C21H19N3O3. The van der Waals surface area contributed by atoms with Crippen LogP contribution in [0.2, 0.25) is 0 Å². The normalized spacial score (nSPS) is 23.5. The molecule has 3 aromatic rings. The van der Waals surface area contributed by atoms with Crippen molar-refractivity contribution in [2.24, 2.45) is 17.8 Å². The molecule has 136 valence electrons. The minimum Gasteiger partial charge on any atom is -0.449 e. The average Bonchev–Trinajstić information content (AvgIpc) is 3.03. The maximum atomic E-state index is 12.6. The number of nitrogens with zero attached hydrogens (tertiary/aromatic N) is 2. The molecule has 1 saturated heterocycles. The van der Waals surface area contributed by atoms with E-state index in [9.17, 15) is 9.59 Å². The molecule has 1 aliphatic heterocycles. The van der Waals surface area contributed by atoms with Gasteiger partial charge in [0.05, 0.1) is 6.20 Å². The molecule has 6 heteroatoms. The number of hydrogen-bond donors (Lipinski definition) is 1. The molecule has 3 atom stereocenters. The average molecular weight is 361 g/mol. The quantitative estimate of drug-likeness (QED) is 0.758. The SMILES string of the molecule is O=C(NCCC1C2CN(c3ccccc3)C(=O)C12)c1cc2ccncc2o1. The summed E-state index contributed by atoms with van der Waals surface area (Å²) in [5.74, 6) is 1.17. The number of aromatic nitrogens is 1. The van der Waals surface area contributed by atoms with E-state index in [0.717, 1.165) is 24.0 Å². The maximum Gasteiger partial charge on any atom is 0.287 e. The van der Waals surface area contributed by atoms with Crippen molar-refractivity contribution in [2.75, 3.05) is 18.0 Å². The summed E-state index contributed by atoms with van der Waals surface area (Å²) in [5.41, 5.74) is 1.58. The predicted octanol–water partition coefficient (Wildman–Crippen LogP) is 2.86. The van der Waals surface area contributed by atoms with Crippen molar-refractivity contribution in [3.8, 4) is 0 Å². The predicted molar refractivity (Wildman–Crippen MR) is 100 cm³/mol. The van der Waals surface area contributed by atoms with Gasteiger partial charge in [0.15, 0.2) is 11.3 Å². The molecule has 2 aliphatic rings. The zero-order valence-corrected chi connectivity index (χ0v) is 14.7. The van der Waals surface area contributed by atoms with Crippen LogP contribution >= 0.6 is 0 Å². The van der Waals surface area contributed by atoms with E-state index in [1.807, 2.05) is 41.3 Å². The van der Waals surface area contributed by atoms with Gasteiger partial charge < -0.3 is 14.6 Å². The number of para-hydroxylation sites is 1. The van der Waals surface area contributed by atoms with Crippen LogP contribution in [0.25, 0.3) is 11.0 Å². The van der Waals surface area contributed by atoms with Gasteiger partial charge in [-0.3, -0.25) is 14.6 Å². The fourth-order valence-electron chi connectivity index (χ4n) is 4.21. The zero-order chi connectivity index (χ0) is 18.4. The number of anilines is 1. The Morgan fingerprint density at radius 2 is 2.11 bits per heavy atom. The molecule has 0 radical (unpaired) electrons. The van der Waals surface area contributed by atoms with Crippen LogP contribution < -0.4 is 10.2 Å². The van der Waals surface area contributed by atoms with E-state index in [-0.39, 0.29) is 17.7 Å². The standard InChI is InChI=1S/C21H19N3O3/c25-20(17-10-13-6-8-22-11-18(13)27-17)23-9-7-15-16-12-24(21(26)19(15)16)14-4-2-1-3-5-14/h1-6,8,10-11,15-16,19H,7,9,12H2,(H,23,25). The maximum absolute atomic E-state index is 12.6. The molecule has 27 heavy (non-hydrogen) atoms. The second kappa shape index (κ2) is 6.23. The van der Waals surface area contributed by atoms with Crippen molar-refractivity contribution >= 4 is 28.5 Å². The van der Waals surface area contributed by atoms with Crippen LogP contribution in [0.3, 0.4) is 0 Å². The number of carbonyl (C=O) groups is 2. The van der Waals surface area contributed by atoms with Crippen LogP contribution in [-0.4, -0.2) is 29.9 Å². The minimum atomic E-state index is -0.228. The number of furan rings is 1. The van der Waals surface area contributed by atoms with Gasteiger partial charge in [-0.25, -0.2) is 0 Å². The van der Waals surface area contributed by atoms with Crippen LogP contribution in [0, 0.1) is 17.8 Å². The van der Waals surface area contributed by atoms with Gasteiger partial charge in [0.2, 0.25) is 5.91 Å².